The minimum atomic E-state index is -4.89. The lowest BCUT2D eigenvalue weighted by molar-refractivity contribution is -0.257. The Hall–Kier alpha value is -5.39. The first-order valence-electron chi connectivity index (χ1n) is 23.0. The normalized spacial score (nSPS) is 27.2. The molecule has 0 bridgehead atoms. The number of hydrogen-bond acceptors (Lipinski definition) is 12. The van der Waals surface area contributed by atoms with Crippen molar-refractivity contribution >= 4 is 33.6 Å². The molecule has 7 atom stereocenters. The van der Waals surface area contributed by atoms with Gasteiger partial charge in [0.05, 0.1) is 58.8 Å². The van der Waals surface area contributed by atoms with Crippen LogP contribution in [0.4, 0.5) is 13.2 Å². The smallest absolute Gasteiger partial charge is 0.427 e. The Balaban J connectivity index is 1.25. The Bertz CT molecular complexity index is 2480. The molecule has 362 valence electrons. The van der Waals surface area contributed by atoms with Crippen molar-refractivity contribution in [2.75, 3.05) is 6.54 Å². The third-order valence-electron chi connectivity index (χ3n) is 13.7. The molecule has 4 aliphatic rings. The molecule has 2 amide bonds. The minimum Gasteiger partial charge on any atom is -0.491 e. The predicted octanol–water partition coefficient (Wildman–Crippen LogP) is 8.21. The number of alkyl halides is 3. The number of esters is 1. The number of pyridine rings is 1. The van der Waals surface area contributed by atoms with Crippen LogP contribution in [0.25, 0.3) is 22.6 Å². The van der Waals surface area contributed by atoms with E-state index in [0.717, 1.165) is 19.4 Å². The molecule has 1 aromatic carbocycles. The topological polar surface area (TPSA) is 184 Å². The summed E-state index contributed by atoms with van der Waals surface area (Å²) in [6.45, 7) is 10.5. The third kappa shape index (κ3) is 11.2. The second kappa shape index (κ2) is 18.9. The second-order valence-corrected chi connectivity index (χ2v) is 22.1. The number of nitrogens with one attached hydrogen (secondary N) is 1. The Morgan fingerprint density at radius 2 is 1.69 bits per heavy atom. The number of nitrogens with zero attached hydrogens (tertiary/aromatic N) is 4. The van der Waals surface area contributed by atoms with E-state index >= 15 is 4.79 Å². The fourth-order valence-electron chi connectivity index (χ4n) is 9.10. The van der Waals surface area contributed by atoms with Crippen LogP contribution in [0, 0.1) is 29.1 Å². The average molecular weight is 952 g/mol. The number of carbonyl (C=O) groups excluding carboxylic acids is 4. The number of amides is 2. The number of benzene rings is 1. The molecule has 4 heterocycles. The van der Waals surface area contributed by atoms with E-state index in [4.69, 9.17) is 19.2 Å². The van der Waals surface area contributed by atoms with Gasteiger partial charge in [-0.2, -0.15) is 13.2 Å². The summed E-state index contributed by atoms with van der Waals surface area (Å²) >= 11 is 0. The van der Waals surface area contributed by atoms with Gasteiger partial charge in [0.2, 0.25) is 27.4 Å². The number of aromatic nitrogens is 3. The van der Waals surface area contributed by atoms with Gasteiger partial charge in [0.25, 0.3) is 0 Å². The maximum Gasteiger partial charge on any atom is 0.427 e. The van der Waals surface area contributed by atoms with E-state index in [2.05, 4.69) is 14.7 Å². The number of ether oxygens (including phenoxy) is 3. The molecular formula is C49H60F3N5O9S. The highest BCUT2D eigenvalue weighted by atomic mass is 32.2. The van der Waals surface area contributed by atoms with E-state index < -0.39 is 98.3 Å². The zero-order valence-electron chi connectivity index (χ0n) is 39.0. The van der Waals surface area contributed by atoms with Gasteiger partial charge in [0.15, 0.2) is 5.78 Å². The summed E-state index contributed by atoms with van der Waals surface area (Å²) in [6, 6.07) is 9.50. The number of halogens is 3. The van der Waals surface area contributed by atoms with Gasteiger partial charge in [0, 0.05) is 42.9 Å². The highest BCUT2D eigenvalue weighted by Gasteiger charge is 2.63. The van der Waals surface area contributed by atoms with Gasteiger partial charge in [-0.3, -0.25) is 33.9 Å². The molecule has 2 aromatic heterocycles. The summed E-state index contributed by atoms with van der Waals surface area (Å²) in [4.78, 5) is 72.3. The van der Waals surface area contributed by atoms with Crippen LogP contribution in [0.5, 0.6) is 11.5 Å². The Labute approximate surface area is 389 Å². The molecule has 0 unspecified atom stereocenters. The van der Waals surface area contributed by atoms with Gasteiger partial charge in [0.1, 0.15) is 23.3 Å². The quantitative estimate of drug-likeness (QED) is 0.136. The number of carbonyl (C=O) groups is 4. The van der Waals surface area contributed by atoms with E-state index in [1.807, 2.05) is 57.2 Å². The zero-order chi connectivity index (χ0) is 48.7. The van der Waals surface area contributed by atoms with Crippen LogP contribution in [0.3, 0.4) is 0 Å². The number of allylic oxidation sites excluding steroid dienone is 2. The first-order chi connectivity index (χ1) is 31.4. The van der Waals surface area contributed by atoms with Crippen molar-refractivity contribution < 1.29 is 55.0 Å². The lowest BCUT2D eigenvalue weighted by Crippen LogP contribution is -2.48. The van der Waals surface area contributed by atoms with Crippen molar-refractivity contribution in [3.63, 3.8) is 0 Å². The standard InChI is InChI=1S/C49H60F3N5O9S/c1-29(2)64-34-14-12-32(13-15-34)38-21-35(22-39(55-38)40-27-53-18-19-54-40)65-36-23-41-42(58)26-48(45(61)56-67(62,63)47(7)16-17-47)25-33(48)11-9-8-10-30(3)20-31(4)37(44(60)57(41)28-36)24-43(59)66-46(5,6)49(50,51)52/h9,11-15,18-19,21-22,27,29-31,33,36-37,41H,8,10,16-17,20,23-26,28H2,1-7H3,(H,56,61)/b11-9-/t30-,31+,33+,36+,37-,41-,48+/m0/s1. The highest BCUT2D eigenvalue weighted by molar-refractivity contribution is 7.91. The molecule has 3 aromatic rings. The number of ketones is 1. The van der Waals surface area contributed by atoms with Crippen molar-refractivity contribution in [3.8, 4) is 34.1 Å². The van der Waals surface area contributed by atoms with Crippen molar-refractivity contribution in [1.29, 1.82) is 0 Å². The molecular weight excluding hydrogens is 892 g/mol. The number of sulfonamides is 1. The van der Waals surface area contributed by atoms with E-state index in [0.29, 0.717) is 60.7 Å². The van der Waals surface area contributed by atoms with Gasteiger partial charge < -0.3 is 19.1 Å². The summed E-state index contributed by atoms with van der Waals surface area (Å²) in [6.07, 6.45) is 4.10. The SMILES string of the molecule is CC(C)Oc1ccc(-c2cc(O[C@@H]3C[C@H]4C(=O)C[C@]5(C(=O)NS(=O)(=O)C6(C)CC6)C[C@H]5/C=C\CC[C@H](C)C[C@@H](C)[C@H](CC(=O)OC(C)(C)C(F)(F)F)C(=O)N4C3)cc(-c3cnccn3)n2)cc1. The monoisotopic (exact) mass is 951 g/mol. The Morgan fingerprint density at radius 1 is 0.985 bits per heavy atom. The van der Waals surface area contributed by atoms with Gasteiger partial charge in [-0.25, -0.2) is 13.4 Å². The van der Waals surface area contributed by atoms with Crippen LogP contribution in [0.1, 0.15) is 106 Å². The minimum absolute atomic E-state index is 0.00480. The maximum absolute atomic E-state index is 15.1. The molecule has 2 saturated carbocycles. The summed E-state index contributed by atoms with van der Waals surface area (Å²) in [5, 5.41) is 0. The van der Waals surface area contributed by atoms with Crippen LogP contribution in [0.2, 0.25) is 0 Å². The summed E-state index contributed by atoms with van der Waals surface area (Å²) in [5.41, 5.74) is -2.16. The first kappa shape index (κ1) is 49.5. The molecule has 0 spiro atoms. The molecule has 3 fully saturated rings. The van der Waals surface area contributed by atoms with Gasteiger partial charge in [-0.1, -0.05) is 26.0 Å². The molecule has 1 N–H and O–H groups in total. The lowest BCUT2D eigenvalue weighted by Gasteiger charge is -2.33. The largest absolute Gasteiger partial charge is 0.491 e. The molecule has 18 heteroatoms. The highest BCUT2D eigenvalue weighted by Crippen LogP contribution is 2.58. The molecule has 1 saturated heterocycles. The number of rotatable bonds is 12. The van der Waals surface area contributed by atoms with Gasteiger partial charge in [-0.05, 0) is 115 Å². The zero-order valence-corrected chi connectivity index (χ0v) is 39.8. The van der Waals surface area contributed by atoms with E-state index in [9.17, 15) is 36.0 Å². The average Bonchev–Trinajstić information content (AvgIpc) is 4.14. The van der Waals surface area contributed by atoms with Crippen LogP contribution >= 0.6 is 0 Å². The first-order valence-corrected chi connectivity index (χ1v) is 24.5. The summed E-state index contributed by atoms with van der Waals surface area (Å²) < 4.78 is 87.1. The van der Waals surface area contributed by atoms with E-state index in [-0.39, 0.29) is 31.4 Å². The Kier molecular flexibility index (Phi) is 14.0. The molecule has 2 aliphatic carbocycles. The fraction of sp³-hybridized carbons (Fsp3) is 0.571. The lowest BCUT2D eigenvalue weighted by atomic mass is 9.82. The van der Waals surface area contributed by atoms with Gasteiger partial charge >= 0.3 is 12.1 Å². The summed E-state index contributed by atoms with van der Waals surface area (Å²) in [5.74, 6) is -4.37. The third-order valence-corrected chi connectivity index (χ3v) is 15.8. The van der Waals surface area contributed by atoms with Crippen molar-refractivity contribution in [2.24, 2.45) is 29.1 Å². The molecule has 7 rings (SSSR count). The number of Topliss-reactive ketones (excluding diaryl/α,β-unsaturated/α-hetero) is 1. The Morgan fingerprint density at radius 3 is 2.33 bits per heavy atom. The van der Waals surface area contributed by atoms with E-state index in [1.54, 1.807) is 32.2 Å². The second-order valence-electron chi connectivity index (χ2n) is 19.9. The van der Waals surface area contributed by atoms with Gasteiger partial charge in [-0.15, -0.1) is 0 Å². The van der Waals surface area contributed by atoms with Crippen LogP contribution in [-0.4, -0.2) is 93.2 Å². The van der Waals surface area contributed by atoms with E-state index in [1.165, 1.54) is 17.3 Å². The maximum atomic E-state index is 15.1. The number of hydrogen-bond donors (Lipinski definition) is 1. The molecule has 14 nitrogen and oxygen atoms in total. The predicted molar refractivity (Wildman–Crippen MR) is 242 cm³/mol. The van der Waals surface area contributed by atoms with Crippen LogP contribution in [0.15, 0.2) is 67.1 Å². The van der Waals surface area contributed by atoms with Crippen molar-refractivity contribution in [2.45, 2.75) is 141 Å². The van der Waals surface area contributed by atoms with Crippen molar-refractivity contribution in [3.05, 3.63) is 67.1 Å². The van der Waals surface area contributed by atoms with Crippen LogP contribution < -0.4 is 14.2 Å². The number of fused-ring (bicyclic) bond motifs is 2. The summed E-state index contributed by atoms with van der Waals surface area (Å²) in [7, 11) is -4.06. The van der Waals surface area contributed by atoms with Crippen LogP contribution in [-0.2, 0) is 33.9 Å². The molecule has 67 heavy (non-hydrogen) atoms. The van der Waals surface area contributed by atoms with Crippen molar-refractivity contribution in [1.82, 2.24) is 24.6 Å². The molecule has 2 aliphatic heterocycles. The molecule has 0 radical (unpaired) electrons. The fourth-order valence-corrected chi connectivity index (χ4v) is 10.4.